The van der Waals surface area contributed by atoms with Gasteiger partial charge < -0.3 is 14.8 Å². The molecule has 84 valence electrons. The Balaban J connectivity index is 2.10. The molecular formula is C11H23NO2. The molecule has 3 heteroatoms. The summed E-state index contributed by atoms with van der Waals surface area (Å²) in [4.78, 5) is 0. The van der Waals surface area contributed by atoms with Crippen molar-refractivity contribution in [2.75, 3.05) is 40.5 Å². The van der Waals surface area contributed by atoms with Crippen molar-refractivity contribution in [2.45, 2.75) is 19.8 Å². The standard InChI is InChI=1S/C11H23NO2/c1-4-11(9-14-3)7-10(11)8-12-5-6-13-2/h10,12H,4-9H2,1-3H3. The number of rotatable bonds is 8. The van der Waals surface area contributed by atoms with Crippen LogP contribution in [-0.2, 0) is 9.47 Å². The molecule has 0 amide bonds. The van der Waals surface area contributed by atoms with E-state index in [2.05, 4.69) is 12.2 Å². The summed E-state index contributed by atoms with van der Waals surface area (Å²) >= 11 is 0. The van der Waals surface area contributed by atoms with Crippen LogP contribution in [0.3, 0.4) is 0 Å². The van der Waals surface area contributed by atoms with Gasteiger partial charge in [-0.25, -0.2) is 0 Å². The van der Waals surface area contributed by atoms with Gasteiger partial charge in [-0.15, -0.1) is 0 Å². The van der Waals surface area contributed by atoms with Crippen molar-refractivity contribution in [3.05, 3.63) is 0 Å². The molecule has 0 bridgehead atoms. The summed E-state index contributed by atoms with van der Waals surface area (Å²) in [6.07, 6.45) is 2.55. The molecule has 1 N–H and O–H groups in total. The minimum Gasteiger partial charge on any atom is -0.384 e. The highest BCUT2D eigenvalue weighted by Gasteiger charge is 2.51. The van der Waals surface area contributed by atoms with E-state index in [-0.39, 0.29) is 0 Å². The summed E-state index contributed by atoms with van der Waals surface area (Å²) in [5, 5.41) is 3.42. The number of hydrogen-bond acceptors (Lipinski definition) is 3. The Hall–Kier alpha value is -0.120. The minimum atomic E-state index is 0.481. The number of ether oxygens (including phenoxy) is 2. The molecule has 0 aromatic rings. The van der Waals surface area contributed by atoms with Crippen molar-refractivity contribution >= 4 is 0 Å². The monoisotopic (exact) mass is 201 g/mol. The molecule has 0 aromatic heterocycles. The van der Waals surface area contributed by atoms with E-state index in [1.165, 1.54) is 12.8 Å². The van der Waals surface area contributed by atoms with Crippen molar-refractivity contribution in [2.24, 2.45) is 11.3 Å². The van der Waals surface area contributed by atoms with Crippen LogP contribution in [0, 0.1) is 11.3 Å². The number of nitrogens with one attached hydrogen (secondary N) is 1. The normalized spacial score (nSPS) is 30.6. The molecule has 14 heavy (non-hydrogen) atoms. The van der Waals surface area contributed by atoms with Gasteiger partial charge in [0.15, 0.2) is 0 Å². The Labute approximate surface area is 87.2 Å². The van der Waals surface area contributed by atoms with Gasteiger partial charge in [-0.05, 0) is 30.7 Å². The van der Waals surface area contributed by atoms with Crippen molar-refractivity contribution < 1.29 is 9.47 Å². The van der Waals surface area contributed by atoms with E-state index in [4.69, 9.17) is 9.47 Å². The molecule has 0 spiro atoms. The zero-order valence-corrected chi connectivity index (χ0v) is 9.64. The first-order valence-corrected chi connectivity index (χ1v) is 5.47. The fourth-order valence-electron chi connectivity index (χ4n) is 2.17. The molecule has 3 nitrogen and oxygen atoms in total. The van der Waals surface area contributed by atoms with Gasteiger partial charge in [0.05, 0.1) is 13.2 Å². The summed E-state index contributed by atoms with van der Waals surface area (Å²) in [5.74, 6) is 0.810. The second-order valence-corrected chi connectivity index (χ2v) is 4.25. The zero-order valence-electron chi connectivity index (χ0n) is 9.64. The molecule has 1 fully saturated rings. The third kappa shape index (κ3) is 2.94. The van der Waals surface area contributed by atoms with Gasteiger partial charge in [0, 0.05) is 20.8 Å². The van der Waals surface area contributed by atoms with E-state index in [1.807, 2.05) is 0 Å². The maximum Gasteiger partial charge on any atom is 0.0587 e. The molecule has 0 heterocycles. The van der Waals surface area contributed by atoms with Crippen LogP contribution < -0.4 is 5.32 Å². The third-order valence-corrected chi connectivity index (χ3v) is 3.37. The van der Waals surface area contributed by atoms with E-state index in [9.17, 15) is 0 Å². The van der Waals surface area contributed by atoms with Crippen LogP contribution in [0.15, 0.2) is 0 Å². The van der Waals surface area contributed by atoms with Gasteiger partial charge in [-0.3, -0.25) is 0 Å². The van der Waals surface area contributed by atoms with Crippen molar-refractivity contribution in [1.82, 2.24) is 5.32 Å². The molecule has 0 aromatic carbocycles. The first-order chi connectivity index (χ1) is 6.79. The highest BCUT2D eigenvalue weighted by Crippen LogP contribution is 2.54. The number of methoxy groups -OCH3 is 2. The van der Waals surface area contributed by atoms with Crippen LogP contribution in [0.5, 0.6) is 0 Å². The summed E-state index contributed by atoms with van der Waals surface area (Å²) in [7, 11) is 3.53. The van der Waals surface area contributed by atoms with Crippen LogP contribution in [0.4, 0.5) is 0 Å². The molecule has 1 aliphatic rings. The van der Waals surface area contributed by atoms with E-state index >= 15 is 0 Å². The molecule has 1 saturated carbocycles. The number of hydrogen-bond donors (Lipinski definition) is 1. The zero-order chi connectivity index (χ0) is 10.4. The fourth-order valence-corrected chi connectivity index (χ4v) is 2.17. The van der Waals surface area contributed by atoms with Gasteiger partial charge >= 0.3 is 0 Å². The average molecular weight is 201 g/mol. The molecular weight excluding hydrogens is 178 g/mol. The Morgan fingerprint density at radius 3 is 2.71 bits per heavy atom. The van der Waals surface area contributed by atoms with Gasteiger partial charge in [0.2, 0.25) is 0 Å². The summed E-state index contributed by atoms with van der Waals surface area (Å²) in [6.45, 7) is 6.05. The van der Waals surface area contributed by atoms with E-state index in [0.717, 1.165) is 32.2 Å². The lowest BCUT2D eigenvalue weighted by Gasteiger charge is -2.13. The lowest BCUT2D eigenvalue weighted by molar-refractivity contribution is 0.129. The maximum absolute atomic E-state index is 5.27. The Kier molecular flexibility index (Phi) is 4.85. The first-order valence-electron chi connectivity index (χ1n) is 5.47. The van der Waals surface area contributed by atoms with Crippen LogP contribution >= 0.6 is 0 Å². The predicted octanol–water partition coefficient (Wildman–Crippen LogP) is 1.29. The molecule has 2 unspecified atom stereocenters. The molecule has 0 radical (unpaired) electrons. The van der Waals surface area contributed by atoms with Crippen molar-refractivity contribution in [3.8, 4) is 0 Å². The second-order valence-electron chi connectivity index (χ2n) is 4.25. The smallest absolute Gasteiger partial charge is 0.0587 e. The highest BCUT2D eigenvalue weighted by molar-refractivity contribution is 5.02. The Morgan fingerprint density at radius 1 is 1.36 bits per heavy atom. The molecule has 1 rings (SSSR count). The van der Waals surface area contributed by atoms with E-state index in [1.54, 1.807) is 14.2 Å². The van der Waals surface area contributed by atoms with Crippen LogP contribution in [-0.4, -0.2) is 40.5 Å². The quantitative estimate of drug-likeness (QED) is 0.600. The molecule has 0 saturated heterocycles. The van der Waals surface area contributed by atoms with Gasteiger partial charge in [-0.1, -0.05) is 6.92 Å². The summed E-state index contributed by atoms with van der Waals surface area (Å²) in [6, 6.07) is 0. The summed E-state index contributed by atoms with van der Waals surface area (Å²) < 4.78 is 10.2. The molecule has 0 aliphatic heterocycles. The van der Waals surface area contributed by atoms with E-state index in [0.29, 0.717) is 5.41 Å². The topological polar surface area (TPSA) is 30.5 Å². The third-order valence-electron chi connectivity index (χ3n) is 3.37. The lowest BCUT2D eigenvalue weighted by Crippen LogP contribution is -2.24. The van der Waals surface area contributed by atoms with Crippen molar-refractivity contribution in [1.29, 1.82) is 0 Å². The lowest BCUT2D eigenvalue weighted by atomic mass is 10.0. The Bertz CT molecular complexity index is 163. The molecule has 2 atom stereocenters. The maximum atomic E-state index is 5.27. The summed E-state index contributed by atoms with van der Waals surface area (Å²) in [5.41, 5.74) is 0.481. The van der Waals surface area contributed by atoms with Crippen LogP contribution in [0.2, 0.25) is 0 Å². The largest absolute Gasteiger partial charge is 0.384 e. The van der Waals surface area contributed by atoms with Gasteiger partial charge in [0.25, 0.3) is 0 Å². The predicted molar refractivity (Wildman–Crippen MR) is 57.5 cm³/mol. The second kappa shape index (κ2) is 5.69. The highest BCUT2D eigenvalue weighted by atomic mass is 16.5. The van der Waals surface area contributed by atoms with Crippen LogP contribution in [0.25, 0.3) is 0 Å². The van der Waals surface area contributed by atoms with E-state index < -0.39 is 0 Å². The Morgan fingerprint density at radius 2 is 2.14 bits per heavy atom. The van der Waals surface area contributed by atoms with Gasteiger partial charge in [-0.2, -0.15) is 0 Å². The molecule has 1 aliphatic carbocycles. The minimum absolute atomic E-state index is 0.481. The van der Waals surface area contributed by atoms with Gasteiger partial charge in [0.1, 0.15) is 0 Å². The SMILES string of the molecule is CCC1(COC)CC1CNCCOC. The van der Waals surface area contributed by atoms with Crippen LogP contribution in [0.1, 0.15) is 19.8 Å². The van der Waals surface area contributed by atoms with Crippen molar-refractivity contribution in [3.63, 3.8) is 0 Å². The fraction of sp³-hybridized carbons (Fsp3) is 1.00. The average Bonchev–Trinajstić information content (AvgIpc) is 2.88. The first kappa shape index (κ1) is 12.0.